The molecule has 0 spiro atoms. The molecule has 0 aromatic carbocycles. The van der Waals surface area contributed by atoms with Crippen molar-refractivity contribution >= 4 is 19.5 Å². The lowest BCUT2D eigenvalue weighted by Gasteiger charge is -2.30. The molecule has 0 aliphatic heterocycles. The van der Waals surface area contributed by atoms with Crippen molar-refractivity contribution in [1.82, 2.24) is 0 Å². The Morgan fingerprint density at radius 1 is 1.00 bits per heavy atom. The van der Waals surface area contributed by atoms with E-state index in [1.807, 2.05) is 0 Å². The largest absolute Gasteiger partial charge is 0.400 e. The Morgan fingerprint density at radius 2 is 1.36 bits per heavy atom. The molecule has 0 N–H and O–H groups in total. The molecule has 0 bridgehead atoms. The van der Waals surface area contributed by atoms with Crippen LogP contribution in [0.15, 0.2) is 0 Å². The zero-order chi connectivity index (χ0) is 8.91. The predicted octanol–water partition coefficient (Wildman–Crippen LogP) is 0.656. The van der Waals surface area contributed by atoms with E-state index in [1.165, 1.54) is 0 Å². The summed E-state index contributed by atoms with van der Waals surface area (Å²) in [6, 6.07) is 0. The zero-order valence-corrected chi connectivity index (χ0v) is 11.1. The van der Waals surface area contributed by atoms with E-state index >= 15 is 0 Å². The highest BCUT2D eigenvalue weighted by atomic mass is 28.2. The molecule has 0 saturated carbocycles. The fraction of sp³-hybridized carbons (Fsp3) is 1.00. The second-order valence-electron chi connectivity index (χ2n) is 3.61. The first-order chi connectivity index (χ1) is 5.02. The first-order valence-electron chi connectivity index (χ1n) is 4.25. The van der Waals surface area contributed by atoms with E-state index in [0.717, 1.165) is 0 Å². The monoisotopic (exact) mass is 192 g/mol. The van der Waals surface area contributed by atoms with Gasteiger partial charge in [-0.1, -0.05) is 33.9 Å². The Bertz CT molecular complexity index is 95.1. The Labute approximate surface area is 74.6 Å². The number of rotatable bonds is 4. The SMILES string of the molecule is C[SiH2]OC(O[SiH2]C)C(C)(C)C. The van der Waals surface area contributed by atoms with Gasteiger partial charge in [0.25, 0.3) is 0 Å². The zero-order valence-electron chi connectivity index (χ0n) is 8.31. The summed E-state index contributed by atoms with van der Waals surface area (Å²) in [5.41, 5.74) is 0.145. The van der Waals surface area contributed by atoms with Gasteiger partial charge in [-0.15, -0.1) is 0 Å². The van der Waals surface area contributed by atoms with Crippen LogP contribution in [0.25, 0.3) is 0 Å². The summed E-state index contributed by atoms with van der Waals surface area (Å²) >= 11 is 0. The molecule has 0 heterocycles. The van der Waals surface area contributed by atoms with Crippen molar-refractivity contribution in [3.63, 3.8) is 0 Å². The highest BCUT2D eigenvalue weighted by Gasteiger charge is 2.24. The summed E-state index contributed by atoms with van der Waals surface area (Å²) in [7, 11) is -0.673. The summed E-state index contributed by atoms with van der Waals surface area (Å²) in [6.07, 6.45) is 0.0517. The van der Waals surface area contributed by atoms with Crippen molar-refractivity contribution in [3.8, 4) is 0 Å². The van der Waals surface area contributed by atoms with Crippen LogP contribution >= 0.6 is 0 Å². The third-order valence-electron chi connectivity index (χ3n) is 1.34. The molecule has 0 rings (SSSR count). The van der Waals surface area contributed by atoms with Crippen LogP contribution in [0.1, 0.15) is 20.8 Å². The third-order valence-corrected chi connectivity index (χ3v) is 2.62. The van der Waals surface area contributed by atoms with E-state index in [-0.39, 0.29) is 31.2 Å². The Balaban J connectivity index is 3.88. The van der Waals surface area contributed by atoms with Crippen molar-refractivity contribution in [2.24, 2.45) is 5.41 Å². The van der Waals surface area contributed by atoms with Gasteiger partial charge in [0.2, 0.25) is 0 Å². The van der Waals surface area contributed by atoms with E-state index in [2.05, 4.69) is 33.9 Å². The average Bonchev–Trinajstić information content (AvgIpc) is 1.85. The van der Waals surface area contributed by atoms with Gasteiger partial charge in [-0.3, -0.25) is 0 Å². The van der Waals surface area contributed by atoms with Crippen LogP contribution in [0.5, 0.6) is 0 Å². The van der Waals surface area contributed by atoms with Crippen LogP contribution in [0.4, 0.5) is 0 Å². The summed E-state index contributed by atoms with van der Waals surface area (Å²) in [5, 5.41) is 0. The van der Waals surface area contributed by atoms with Gasteiger partial charge in [0, 0.05) is 5.41 Å². The highest BCUT2D eigenvalue weighted by molar-refractivity contribution is 6.26. The quantitative estimate of drug-likeness (QED) is 0.481. The molecule has 0 aliphatic rings. The second-order valence-corrected chi connectivity index (χ2v) is 5.43. The molecule has 2 nitrogen and oxygen atoms in total. The van der Waals surface area contributed by atoms with Gasteiger partial charge in [0.15, 0.2) is 19.5 Å². The van der Waals surface area contributed by atoms with Crippen molar-refractivity contribution in [2.75, 3.05) is 0 Å². The van der Waals surface area contributed by atoms with Crippen LogP contribution in [-0.4, -0.2) is 25.8 Å². The van der Waals surface area contributed by atoms with E-state index in [4.69, 9.17) is 8.85 Å². The molecule has 68 valence electrons. The average molecular weight is 192 g/mol. The third kappa shape index (κ3) is 4.73. The fourth-order valence-electron chi connectivity index (χ4n) is 0.851. The van der Waals surface area contributed by atoms with Crippen LogP contribution in [0.2, 0.25) is 13.1 Å². The minimum absolute atomic E-state index is 0.0517. The van der Waals surface area contributed by atoms with Crippen LogP contribution < -0.4 is 0 Å². The molecule has 0 aromatic heterocycles. The van der Waals surface area contributed by atoms with Gasteiger partial charge < -0.3 is 8.85 Å². The Morgan fingerprint density at radius 3 is 1.55 bits per heavy atom. The Hall–Kier alpha value is 0.354. The lowest BCUT2D eigenvalue weighted by molar-refractivity contribution is -0.0701. The van der Waals surface area contributed by atoms with E-state index in [1.54, 1.807) is 0 Å². The standard InChI is InChI=1S/C7H20O2Si2/c1-7(2,3)6(8-10-4)9-11-5/h6H,10-11H2,1-5H3. The molecular formula is C7H20O2Si2. The maximum Gasteiger partial charge on any atom is 0.161 e. The molecule has 0 atom stereocenters. The van der Waals surface area contributed by atoms with Crippen LogP contribution in [0.3, 0.4) is 0 Å². The van der Waals surface area contributed by atoms with Crippen LogP contribution in [0, 0.1) is 5.41 Å². The number of hydrogen-bond acceptors (Lipinski definition) is 2. The first kappa shape index (κ1) is 11.4. The molecule has 0 aromatic rings. The molecule has 0 saturated heterocycles. The predicted molar refractivity (Wildman–Crippen MR) is 54.2 cm³/mol. The van der Waals surface area contributed by atoms with Gasteiger partial charge in [-0.05, 0) is 0 Å². The summed E-state index contributed by atoms with van der Waals surface area (Å²) in [4.78, 5) is 0. The van der Waals surface area contributed by atoms with Crippen LogP contribution in [-0.2, 0) is 8.85 Å². The first-order valence-corrected chi connectivity index (χ1v) is 8.23. The van der Waals surface area contributed by atoms with Crippen molar-refractivity contribution < 1.29 is 8.85 Å². The molecule has 0 fully saturated rings. The van der Waals surface area contributed by atoms with Crippen molar-refractivity contribution in [2.45, 2.75) is 40.2 Å². The Kier molecular flexibility index (Phi) is 5.24. The van der Waals surface area contributed by atoms with E-state index in [0.29, 0.717) is 0 Å². The summed E-state index contributed by atoms with van der Waals surface area (Å²) in [6.45, 7) is 10.8. The van der Waals surface area contributed by atoms with Gasteiger partial charge in [0.1, 0.15) is 6.29 Å². The van der Waals surface area contributed by atoms with Crippen molar-refractivity contribution in [1.29, 1.82) is 0 Å². The molecule has 0 unspecified atom stereocenters. The van der Waals surface area contributed by atoms with E-state index in [9.17, 15) is 0 Å². The number of hydrogen-bond donors (Lipinski definition) is 0. The smallest absolute Gasteiger partial charge is 0.161 e. The second kappa shape index (κ2) is 5.08. The minimum Gasteiger partial charge on any atom is -0.400 e. The normalized spacial score (nSPS) is 17.2. The van der Waals surface area contributed by atoms with E-state index < -0.39 is 0 Å². The molecule has 0 aliphatic carbocycles. The lowest BCUT2D eigenvalue weighted by Crippen LogP contribution is -2.33. The maximum absolute atomic E-state index is 5.60. The molecule has 0 amide bonds. The minimum atomic E-state index is -0.336. The maximum atomic E-state index is 5.60. The topological polar surface area (TPSA) is 18.5 Å². The molecule has 4 heteroatoms. The van der Waals surface area contributed by atoms with Crippen molar-refractivity contribution in [3.05, 3.63) is 0 Å². The molecule has 11 heavy (non-hydrogen) atoms. The molecule has 0 radical (unpaired) electrons. The summed E-state index contributed by atoms with van der Waals surface area (Å²) < 4.78 is 11.2. The van der Waals surface area contributed by atoms with Gasteiger partial charge in [-0.2, -0.15) is 0 Å². The lowest BCUT2D eigenvalue weighted by atomic mass is 9.96. The van der Waals surface area contributed by atoms with Gasteiger partial charge >= 0.3 is 0 Å². The highest BCUT2D eigenvalue weighted by Crippen LogP contribution is 2.22. The fourth-order valence-corrected chi connectivity index (χ4v) is 2.84. The summed E-state index contributed by atoms with van der Waals surface area (Å²) in [5.74, 6) is 0. The van der Waals surface area contributed by atoms with Gasteiger partial charge in [0.05, 0.1) is 0 Å². The van der Waals surface area contributed by atoms with Gasteiger partial charge in [-0.25, -0.2) is 0 Å². The molecular weight excluding hydrogens is 172 g/mol.